The lowest BCUT2D eigenvalue weighted by atomic mass is 10.4. The number of aromatic nitrogens is 2. The molecular weight excluding hydrogens is 159 g/mol. The molecule has 2 aromatic heterocycles. The van der Waals surface area contributed by atoms with Crippen LogP contribution in [0.3, 0.4) is 0 Å². The molecule has 2 heterocycles. The third-order valence-corrected chi connectivity index (χ3v) is 1.68. The summed E-state index contributed by atoms with van der Waals surface area (Å²) in [6, 6.07) is 1.70. The number of H-pyrrole nitrogens is 1. The van der Waals surface area contributed by atoms with Crippen LogP contribution in [-0.2, 0) is 0 Å². The van der Waals surface area contributed by atoms with Gasteiger partial charge in [-0.15, -0.1) is 0 Å². The molecule has 2 rings (SSSR count). The Morgan fingerprint density at radius 1 is 1.58 bits per heavy atom. The van der Waals surface area contributed by atoms with E-state index < -0.39 is 0 Å². The van der Waals surface area contributed by atoms with Gasteiger partial charge in [-0.05, 0) is 0 Å². The lowest BCUT2D eigenvalue weighted by Gasteiger charge is -1.96. The Balaban J connectivity index is 2.69. The number of hydrogen-bond acceptors (Lipinski definition) is 2. The van der Waals surface area contributed by atoms with Crippen LogP contribution in [0.5, 0.6) is 5.75 Å². The first-order chi connectivity index (χ1) is 5.81. The molecule has 0 fully saturated rings. The number of fused-ring (bicyclic) bond motifs is 1. The number of rotatable bonds is 1. The number of methoxy groups -OCH3 is 1. The number of nitrogens with one attached hydrogen (secondary N) is 1. The molecule has 62 valence electrons. The van der Waals surface area contributed by atoms with E-state index in [1.54, 1.807) is 13.2 Å². The van der Waals surface area contributed by atoms with Gasteiger partial charge >= 0.3 is 0 Å². The number of pyridine rings is 1. The van der Waals surface area contributed by atoms with Crippen molar-refractivity contribution in [2.24, 2.45) is 0 Å². The van der Waals surface area contributed by atoms with E-state index in [9.17, 15) is 4.39 Å². The highest BCUT2D eigenvalue weighted by Gasteiger charge is 2.04. The average Bonchev–Trinajstić information content (AvgIpc) is 2.47. The quantitative estimate of drug-likeness (QED) is 0.700. The molecule has 0 amide bonds. The fraction of sp³-hybridized carbons (Fsp3) is 0.125. The minimum atomic E-state index is -0.340. The molecule has 0 aliphatic heterocycles. The first kappa shape index (κ1) is 7.09. The largest absolute Gasteiger partial charge is 0.495 e. The van der Waals surface area contributed by atoms with E-state index >= 15 is 0 Å². The highest BCUT2D eigenvalue weighted by Crippen LogP contribution is 2.18. The number of ether oxygens (including phenoxy) is 1. The molecule has 0 spiro atoms. The van der Waals surface area contributed by atoms with Crippen molar-refractivity contribution in [2.75, 3.05) is 7.11 Å². The predicted octanol–water partition coefficient (Wildman–Crippen LogP) is 1.71. The summed E-state index contributed by atoms with van der Waals surface area (Å²) in [4.78, 5) is 6.63. The van der Waals surface area contributed by atoms with Crippen LogP contribution in [0.2, 0.25) is 0 Å². The molecule has 0 saturated heterocycles. The zero-order valence-electron chi connectivity index (χ0n) is 6.47. The maximum Gasteiger partial charge on any atom is 0.166 e. The normalized spacial score (nSPS) is 10.5. The zero-order valence-corrected chi connectivity index (χ0v) is 6.47. The molecule has 0 saturated carbocycles. The molecule has 3 nitrogen and oxygen atoms in total. The van der Waals surface area contributed by atoms with E-state index in [0.29, 0.717) is 16.8 Å². The van der Waals surface area contributed by atoms with Gasteiger partial charge in [0, 0.05) is 12.3 Å². The highest BCUT2D eigenvalue weighted by atomic mass is 19.1. The van der Waals surface area contributed by atoms with Crippen molar-refractivity contribution in [1.29, 1.82) is 0 Å². The van der Waals surface area contributed by atoms with Crippen LogP contribution < -0.4 is 4.74 Å². The minimum absolute atomic E-state index is 0.340. The summed E-state index contributed by atoms with van der Waals surface area (Å²) in [5.41, 5.74) is 0.989. The second-order valence-corrected chi connectivity index (χ2v) is 2.41. The van der Waals surface area contributed by atoms with Gasteiger partial charge in [0.2, 0.25) is 0 Å². The van der Waals surface area contributed by atoms with Crippen molar-refractivity contribution in [2.45, 2.75) is 0 Å². The molecule has 2 aromatic rings. The van der Waals surface area contributed by atoms with Crippen LogP contribution in [0.25, 0.3) is 11.0 Å². The van der Waals surface area contributed by atoms with E-state index in [0.717, 1.165) is 0 Å². The van der Waals surface area contributed by atoms with Gasteiger partial charge in [0.25, 0.3) is 0 Å². The Bertz CT molecular complexity index is 410. The van der Waals surface area contributed by atoms with Crippen molar-refractivity contribution in [3.63, 3.8) is 0 Å². The molecule has 0 radical (unpaired) electrons. The van der Waals surface area contributed by atoms with Gasteiger partial charge in [0.15, 0.2) is 5.82 Å². The van der Waals surface area contributed by atoms with Crippen molar-refractivity contribution >= 4 is 11.0 Å². The number of nitrogens with zero attached hydrogens (tertiary/aromatic N) is 1. The van der Waals surface area contributed by atoms with E-state index in [4.69, 9.17) is 4.74 Å². The maximum atomic E-state index is 12.8. The summed E-state index contributed by atoms with van der Waals surface area (Å²) < 4.78 is 17.8. The smallest absolute Gasteiger partial charge is 0.166 e. The van der Waals surface area contributed by atoms with Crippen LogP contribution in [0.15, 0.2) is 18.5 Å². The molecule has 4 heteroatoms. The van der Waals surface area contributed by atoms with E-state index in [-0.39, 0.29) is 5.82 Å². The molecule has 12 heavy (non-hydrogen) atoms. The summed E-state index contributed by atoms with van der Waals surface area (Å²) in [7, 11) is 1.54. The van der Waals surface area contributed by atoms with Crippen LogP contribution in [0, 0.1) is 5.82 Å². The lowest BCUT2D eigenvalue weighted by Crippen LogP contribution is -1.84. The topological polar surface area (TPSA) is 37.9 Å². The van der Waals surface area contributed by atoms with Crippen molar-refractivity contribution in [3.8, 4) is 5.75 Å². The Morgan fingerprint density at radius 2 is 2.42 bits per heavy atom. The van der Waals surface area contributed by atoms with Crippen molar-refractivity contribution in [3.05, 3.63) is 24.3 Å². The lowest BCUT2D eigenvalue weighted by molar-refractivity contribution is 0.413. The summed E-state index contributed by atoms with van der Waals surface area (Å²) >= 11 is 0. The average molecular weight is 166 g/mol. The van der Waals surface area contributed by atoms with Gasteiger partial charge in [-0.25, -0.2) is 9.37 Å². The minimum Gasteiger partial charge on any atom is -0.495 e. The van der Waals surface area contributed by atoms with Crippen molar-refractivity contribution < 1.29 is 9.13 Å². The predicted molar refractivity (Wildman–Crippen MR) is 42.6 cm³/mol. The molecule has 0 atom stereocenters. The van der Waals surface area contributed by atoms with Crippen LogP contribution in [-0.4, -0.2) is 17.1 Å². The zero-order chi connectivity index (χ0) is 8.55. The summed E-state index contributed by atoms with van der Waals surface area (Å²) in [6.07, 6.45) is 2.76. The first-order valence-corrected chi connectivity index (χ1v) is 3.48. The van der Waals surface area contributed by atoms with Gasteiger partial charge in [0.1, 0.15) is 11.3 Å². The fourth-order valence-electron chi connectivity index (χ4n) is 1.07. The number of aromatic amines is 1. The van der Waals surface area contributed by atoms with E-state index in [1.807, 2.05) is 0 Å². The molecular formula is C8H7FN2O. The molecule has 0 unspecified atom stereocenters. The summed E-state index contributed by atoms with van der Waals surface area (Å²) in [5, 5.41) is 0. The summed E-state index contributed by atoms with van der Waals surface area (Å²) in [5.74, 6) is 0.275. The number of halogens is 1. The Kier molecular flexibility index (Phi) is 1.46. The van der Waals surface area contributed by atoms with Crippen molar-refractivity contribution in [1.82, 2.24) is 9.97 Å². The monoisotopic (exact) mass is 166 g/mol. The van der Waals surface area contributed by atoms with Crippen LogP contribution in [0.4, 0.5) is 4.39 Å². The third kappa shape index (κ3) is 0.922. The highest BCUT2D eigenvalue weighted by molar-refractivity contribution is 5.76. The fourth-order valence-corrected chi connectivity index (χ4v) is 1.07. The van der Waals surface area contributed by atoms with E-state index in [1.165, 1.54) is 12.4 Å². The van der Waals surface area contributed by atoms with Gasteiger partial charge in [-0.3, -0.25) is 0 Å². The van der Waals surface area contributed by atoms with Crippen LogP contribution >= 0.6 is 0 Å². The summed E-state index contributed by atoms with van der Waals surface area (Å²) in [6.45, 7) is 0. The molecule has 0 aromatic carbocycles. The van der Waals surface area contributed by atoms with Gasteiger partial charge < -0.3 is 9.72 Å². The number of hydrogen-bond donors (Lipinski definition) is 1. The van der Waals surface area contributed by atoms with Gasteiger partial charge in [-0.1, -0.05) is 0 Å². The Hall–Kier alpha value is -1.58. The molecule has 0 bridgehead atoms. The third-order valence-electron chi connectivity index (χ3n) is 1.68. The maximum absolute atomic E-state index is 12.8. The van der Waals surface area contributed by atoms with Gasteiger partial charge in [-0.2, -0.15) is 0 Å². The first-order valence-electron chi connectivity index (χ1n) is 3.48. The molecule has 0 aliphatic carbocycles. The Morgan fingerprint density at radius 3 is 3.17 bits per heavy atom. The van der Waals surface area contributed by atoms with Gasteiger partial charge in [0.05, 0.1) is 18.8 Å². The second-order valence-electron chi connectivity index (χ2n) is 2.41. The molecule has 1 N–H and O–H groups in total. The molecule has 0 aliphatic rings. The second kappa shape index (κ2) is 2.48. The Labute approximate surface area is 68.2 Å². The van der Waals surface area contributed by atoms with Crippen LogP contribution in [0.1, 0.15) is 0 Å². The SMILES string of the molecule is COc1cnc2c(F)c[nH]c2c1. The standard InChI is InChI=1S/C8H7FN2O/c1-12-5-2-7-8(11-3-5)6(9)4-10-7/h2-4,10H,1H3. The van der Waals surface area contributed by atoms with E-state index in [2.05, 4.69) is 9.97 Å².